The van der Waals surface area contributed by atoms with Gasteiger partial charge in [-0.1, -0.05) is 0 Å². The molecule has 0 unspecified atom stereocenters. The fourth-order valence-corrected chi connectivity index (χ4v) is 1.53. The minimum absolute atomic E-state index is 0.0237. The molecule has 0 saturated carbocycles. The molecule has 0 aromatic carbocycles. The lowest BCUT2D eigenvalue weighted by atomic mass is 10.3. The summed E-state index contributed by atoms with van der Waals surface area (Å²) in [6.07, 6.45) is 4.84. The minimum atomic E-state index is 0.0237. The van der Waals surface area contributed by atoms with Crippen molar-refractivity contribution in [1.82, 2.24) is 19.4 Å². The van der Waals surface area contributed by atoms with Crippen molar-refractivity contribution in [3.63, 3.8) is 0 Å². The van der Waals surface area contributed by atoms with Gasteiger partial charge in [0.1, 0.15) is 6.33 Å². The van der Waals surface area contributed by atoms with Gasteiger partial charge in [-0.05, 0) is 7.05 Å². The molecule has 1 aliphatic heterocycles. The second kappa shape index (κ2) is 3.79. The lowest BCUT2D eigenvalue weighted by molar-refractivity contribution is 0.155. The SMILES string of the molecule is CN1CCN(C(=O)n2ccnc2)CC1. The van der Waals surface area contributed by atoms with Gasteiger partial charge in [-0.2, -0.15) is 0 Å². The Balaban J connectivity index is 1.99. The molecule has 1 amide bonds. The lowest BCUT2D eigenvalue weighted by Gasteiger charge is -2.32. The van der Waals surface area contributed by atoms with E-state index in [-0.39, 0.29) is 6.03 Å². The topological polar surface area (TPSA) is 41.4 Å². The number of piperazine rings is 1. The van der Waals surface area contributed by atoms with Gasteiger partial charge in [0.2, 0.25) is 0 Å². The Labute approximate surface area is 82.9 Å². The van der Waals surface area contributed by atoms with Crippen molar-refractivity contribution in [1.29, 1.82) is 0 Å². The Morgan fingerprint density at radius 1 is 1.29 bits per heavy atom. The number of carbonyl (C=O) groups excluding carboxylic acids is 1. The molecule has 0 radical (unpaired) electrons. The second-order valence-electron chi connectivity index (χ2n) is 3.54. The molecule has 0 aliphatic carbocycles. The van der Waals surface area contributed by atoms with E-state index >= 15 is 0 Å². The number of likely N-dealkylation sites (N-methyl/N-ethyl adjacent to an activating group) is 1. The van der Waals surface area contributed by atoms with Crippen LogP contribution in [0.1, 0.15) is 0 Å². The normalized spacial score (nSPS) is 18.5. The molecule has 2 heterocycles. The number of nitrogens with zero attached hydrogens (tertiary/aromatic N) is 4. The maximum atomic E-state index is 11.8. The van der Waals surface area contributed by atoms with Gasteiger partial charge in [0, 0.05) is 38.6 Å². The molecular formula is C9H14N4O. The average Bonchev–Trinajstić information content (AvgIpc) is 2.71. The van der Waals surface area contributed by atoms with Gasteiger partial charge in [-0.3, -0.25) is 4.57 Å². The highest BCUT2D eigenvalue weighted by molar-refractivity contribution is 5.76. The van der Waals surface area contributed by atoms with Crippen LogP contribution in [0, 0.1) is 0 Å². The summed E-state index contributed by atoms with van der Waals surface area (Å²) in [7, 11) is 2.07. The van der Waals surface area contributed by atoms with Crippen LogP contribution in [-0.4, -0.2) is 58.6 Å². The summed E-state index contributed by atoms with van der Waals surface area (Å²) in [4.78, 5) is 19.7. The van der Waals surface area contributed by atoms with E-state index in [4.69, 9.17) is 0 Å². The monoisotopic (exact) mass is 194 g/mol. The molecule has 76 valence electrons. The number of amides is 1. The van der Waals surface area contributed by atoms with Gasteiger partial charge in [0.05, 0.1) is 0 Å². The molecule has 0 N–H and O–H groups in total. The van der Waals surface area contributed by atoms with Crippen molar-refractivity contribution in [2.75, 3.05) is 33.2 Å². The molecule has 0 atom stereocenters. The number of carbonyl (C=O) groups is 1. The molecule has 1 aromatic rings. The molecule has 1 saturated heterocycles. The molecule has 1 fully saturated rings. The summed E-state index contributed by atoms with van der Waals surface area (Å²) in [5, 5.41) is 0. The predicted molar refractivity (Wildman–Crippen MR) is 52.1 cm³/mol. The molecule has 1 aromatic heterocycles. The zero-order chi connectivity index (χ0) is 9.97. The Morgan fingerprint density at radius 3 is 2.57 bits per heavy atom. The molecule has 5 heteroatoms. The Morgan fingerprint density at radius 2 is 2.00 bits per heavy atom. The second-order valence-corrected chi connectivity index (χ2v) is 3.54. The molecule has 2 rings (SSSR count). The van der Waals surface area contributed by atoms with E-state index in [0.717, 1.165) is 26.2 Å². The van der Waals surface area contributed by atoms with Gasteiger partial charge in [-0.25, -0.2) is 9.78 Å². The number of hydrogen-bond donors (Lipinski definition) is 0. The Kier molecular flexibility index (Phi) is 2.49. The zero-order valence-electron chi connectivity index (χ0n) is 8.26. The summed E-state index contributed by atoms with van der Waals surface area (Å²) in [5.74, 6) is 0. The fourth-order valence-electron chi connectivity index (χ4n) is 1.53. The van der Waals surface area contributed by atoms with E-state index < -0.39 is 0 Å². The molecular weight excluding hydrogens is 180 g/mol. The first-order chi connectivity index (χ1) is 6.77. The Hall–Kier alpha value is -1.36. The first kappa shape index (κ1) is 9.21. The third-order valence-corrected chi connectivity index (χ3v) is 2.50. The van der Waals surface area contributed by atoms with E-state index in [1.165, 1.54) is 4.57 Å². The highest BCUT2D eigenvalue weighted by atomic mass is 16.2. The summed E-state index contributed by atoms with van der Waals surface area (Å²) >= 11 is 0. The predicted octanol–water partition coefficient (Wildman–Crippen LogP) is 0.0986. The molecule has 5 nitrogen and oxygen atoms in total. The Bertz CT molecular complexity index is 301. The number of aromatic nitrogens is 2. The third kappa shape index (κ3) is 1.77. The maximum absolute atomic E-state index is 11.8. The van der Waals surface area contributed by atoms with E-state index in [2.05, 4.69) is 16.9 Å². The molecule has 0 bridgehead atoms. The largest absolute Gasteiger partial charge is 0.329 e. The van der Waals surface area contributed by atoms with Crippen molar-refractivity contribution < 1.29 is 4.79 Å². The van der Waals surface area contributed by atoms with Gasteiger partial charge in [-0.15, -0.1) is 0 Å². The summed E-state index contributed by atoms with van der Waals surface area (Å²) in [6, 6.07) is 0.0237. The van der Waals surface area contributed by atoms with Crippen molar-refractivity contribution in [2.24, 2.45) is 0 Å². The quantitative estimate of drug-likeness (QED) is 0.588. The zero-order valence-corrected chi connectivity index (χ0v) is 8.26. The summed E-state index contributed by atoms with van der Waals surface area (Å²) in [6.45, 7) is 3.49. The van der Waals surface area contributed by atoms with E-state index in [0.29, 0.717) is 0 Å². The van der Waals surface area contributed by atoms with Crippen molar-refractivity contribution >= 4 is 6.03 Å². The summed E-state index contributed by atoms with van der Waals surface area (Å²) < 4.78 is 1.52. The molecule has 1 aliphatic rings. The van der Waals surface area contributed by atoms with E-state index in [1.807, 2.05) is 4.90 Å². The van der Waals surface area contributed by atoms with Crippen LogP contribution in [0.3, 0.4) is 0 Å². The van der Waals surface area contributed by atoms with E-state index in [1.54, 1.807) is 18.7 Å². The van der Waals surface area contributed by atoms with E-state index in [9.17, 15) is 4.79 Å². The maximum Gasteiger partial charge on any atom is 0.329 e. The number of imidazole rings is 1. The highest BCUT2D eigenvalue weighted by Gasteiger charge is 2.19. The number of hydrogen-bond acceptors (Lipinski definition) is 3. The average molecular weight is 194 g/mol. The van der Waals surface area contributed by atoms with Crippen LogP contribution in [0.2, 0.25) is 0 Å². The minimum Gasteiger partial charge on any atom is -0.321 e. The van der Waals surface area contributed by atoms with Gasteiger partial charge < -0.3 is 9.80 Å². The van der Waals surface area contributed by atoms with Crippen LogP contribution in [0.15, 0.2) is 18.7 Å². The van der Waals surface area contributed by atoms with Gasteiger partial charge in [0.15, 0.2) is 0 Å². The highest BCUT2D eigenvalue weighted by Crippen LogP contribution is 2.02. The van der Waals surface area contributed by atoms with Crippen LogP contribution in [-0.2, 0) is 0 Å². The number of rotatable bonds is 0. The van der Waals surface area contributed by atoms with Crippen LogP contribution in [0.5, 0.6) is 0 Å². The van der Waals surface area contributed by atoms with Crippen molar-refractivity contribution in [3.8, 4) is 0 Å². The van der Waals surface area contributed by atoms with Crippen LogP contribution >= 0.6 is 0 Å². The van der Waals surface area contributed by atoms with Gasteiger partial charge in [0.25, 0.3) is 0 Å². The smallest absolute Gasteiger partial charge is 0.321 e. The molecule has 14 heavy (non-hydrogen) atoms. The van der Waals surface area contributed by atoms with Crippen molar-refractivity contribution in [2.45, 2.75) is 0 Å². The van der Waals surface area contributed by atoms with Crippen LogP contribution < -0.4 is 0 Å². The fraction of sp³-hybridized carbons (Fsp3) is 0.556. The van der Waals surface area contributed by atoms with Crippen LogP contribution in [0.4, 0.5) is 4.79 Å². The first-order valence-electron chi connectivity index (χ1n) is 4.73. The van der Waals surface area contributed by atoms with Crippen LogP contribution in [0.25, 0.3) is 0 Å². The third-order valence-electron chi connectivity index (χ3n) is 2.50. The first-order valence-corrected chi connectivity index (χ1v) is 4.73. The standard InChI is InChI=1S/C9H14N4O/c1-11-4-6-12(7-5-11)9(14)13-3-2-10-8-13/h2-3,8H,4-7H2,1H3. The van der Waals surface area contributed by atoms with Gasteiger partial charge >= 0.3 is 6.03 Å². The van der Waals surface area contributed by atoms with Crippen molar-refractivity contribution in [3.05, 3.63) is 18.7 Å². The lowest BCUT2D eigenvalue weighted by Crippen LogP contribution is -2.48. The molecule has 0 spiro atoms. The summed E-state index contributed by atoms with van der Waals surface area (Å²) in [5.41, 5.74) is 0.